The van der Waals surface area contributed by atoms with Gasteiger partial charge in [-0.25, -0.2) is 0 Å². The Labute approximate surface area is 103 Å². The maximum atomic E-state index is 11.6. The van der Waals surface area contributed by atoms with Gasteiger partial charge in [-0.3, -0.25) is 4.79 Å². The van der Waals surface area contributed by atoms with Crippen molar-refractivity contribution in [1.82, 2.24) is 9.03 Å². The Kier molecular flexibility index (Phi) is 7.01. The van der Waals surface area contributed by atoms with Crippen LogP contribution >= 0.6 is 0 Å². The van der Waals surface area contributed by atoms with Crippen molar-refractivity contribution in [2.75, 3.05) is 27.2 Å². The van der Waals surface area contributed by atoms with Gasteiger partial charge in [0.15, 0.2) is 0 Å². The zero-order valence-corrected chi connectivity index (χ0v) is 11.5. The van der Waals surface area contributed by atoms with Gasteiger partial charge in [-0.2, -0.15) is 17.4 Å². The predicted octanol–water partition coefficient (Wildman–Crippen LogP) is 0.282. The molecule has 0 amide bonds. The Bertz CT molecular complexity index is 372. The van der Waals surface area contributed by atoms with Gasteiger partial charge in [-0.05, 0) is 13.8 Å². The highest BCUT2D eigenvalue weighted by molar-refractivity contribution is 7.87. The SMILES string of the molecule is COC(=O)CCN(C)S(=O)(=O)NCC=C(C)C. The smallest absolute Gasteiger partial charge is 0.306 e. The Morgan fingerprint density at radius 3 is 2.47 bits per heavy atom. The van der Waals surface area contributed by atoms with Crippen molar-refractivity contribution in [3.8, 4) is 0 Å². The Morgan fingerprint density at radius 2 is 2.00 bits per heavy atom. The van der Waals surface area contributed by atoms with Crippen LogP contribution in [-0.2, 0) is 19.7 Å². The van der Waals surface area contributed by atoms with E-state index in [0.717, 1.165) is 9.88 Å². The van der Waals surface area contributed by atoms with E-state index in [9.17, 15) is 13.2 Å². The maximum absolute atomic E-state index is 11.6. The maximum Gasteiger partial charge on any atom is 0.306 e. The minimum atomic E-state index is -3.53. The average Bonchev–Trinajstić information content (AvgIpc) is 2.24. The van der Waals surface area contributed by atoms with Gasteiger partial charge in [0.05, 0.1) is 13.5 Å². The van der Waals surface area contributed by atoms with Crippen LogP contribution in [0.15, 0.2) is 11.6 Å². The molecule has 0 unspecified atom stereocenters. The van der Waals surface area contributed by atoms with Crippen molar-refractivity contribution in [3.63, 3.8) is 0 Å². The quantitative estimate of drug-likeness (QED) is 0.529. The molecule has 0 heterocycles. The lowest BCUT2D eigenvalue weighted by Gasteiger charge is -2.16. The van der Waals surface area contributed by atoms with Crippen LogP contribution in [0, 0.1) is 0 Å². The molecule has 7 heteroatoms. The van der Waals surface area contributed by atoms with E-state index in [0.29, 0.717) is 0 Å². The number of hydrogen-bond donors (Lipinski definition) is 1. The van der Waals surface area contributed by atoms with Gasteiger partial charge in [0.1, 0.15) is 0 Å². The molecule has 0 saturated heterocycles. The molecule has 0 spiro atoms. The lowest BCUT2D eigenvalue weighted by molar-refractivity contribution is -0.140. The van der Waals surface area contributed by atoms with Crippen LogP contribution in [0.25, 0.3) is 0 Å². The number of methoxy groups -OCH3 is 1. The molecule has 0 aromatic heterocycles. The van der Waals surface area contributed by atoms with E-state index in [4.69, 9.17) is 0 Å². The van der Waals surface area contributed by atoms with Gasteiger partial charge in [-0.15, -0.1) is 0 Å². The second-order valence-corrected chi connectivity index (χ2v) is 5.64. The lowest BCUT2D eigenvalue weighted by atomic mass is 10.3. The zero-order valence-electron chi connectivity index (χ0n) is 10.7. The highest BCUT2D eigenvalue weighted by atomic mass is 32.2. The van der Waals surface area contributed by atoms with Crippen molar-refractivity contribution < 1.29 is 17.9 Å². The highest BCUT2D eigenvalue weighted by Crippen LogP contribution is 1.97. The molecular formula is C10H20N2O4S. The number of nitrogens with one attached hydrogen (secondary N) is 1. The fourth-order valence-electron chi connectivity index (χ4n) is 0.932. The monoisotopic (exact) mass is 264 g/mol. The van der Waals surface area contributed by atoms with Crippen LogP contribution in [-0.4, -0.2) is 45.9 Å². The van der Waals surface area contributed by atoms with Crippen molar-refractivity contribution in [2.45, 2.75) is 20.3 Å². The molecule has 0 aromatic rings. The first kappa shape index (κ1) is 16.1. The van der Waals surface area contributed by atoms with Crippen molar-refractivity contribution in [1.29, 1.82) is 0 Å². The largest absolute Gasteiger partial charge is 0.469 e. The molecule has 17 heavy (non-hydrogen) atoms. The third kappa shape index (κ3) is 7.09. The minimum Gasteiger partial charge on any atom is -0.469 e. The Balaban J connectivity index is 4.21. The second kappa shape index (κ2) is 7.41. The summed E-state index contributed by atoms with van der Waals surface area (Å²) in [5.74, 6) is -0.434. The third-order valence-electron chi connectivity index (χ3n) is 2.04. The van der Waals surface area contributed by atoms with E-state index in [1.54, 1.807) is 6.08 Å². The number of allylic oxidation sites excluding steroid dienone is 1. The topological polar surface area (TPSA) is 75.7 Å². The van der Waals surface area contributed by atoms with Gasteiger partial charge in [0, 0.05) is 20.1 Å². The van der Waals surface area contributed by atoms with Crippen LogP contribution in [0.2, 0.25) is 0 Å². The van der Waals surface area contributed by atoms with Crippen molar-refractivity contribution in [3.05, 3.63) is 11.6 Å². The summed E-state index contributed by atoms with van der Waals surface area (Å²) in [6.45, 7) is 4.11. The molecule has 0 saturated carbocycles. The number of ether oxygens (including phenoxy) is 1. The fourth-order valence-corrected chi connectivity index (χ4v) is 1.78. The van der Waals surface area contributed by atoms with Gasteiger partial charge >= 0.3 is 5.97 Å². The van der Waals surface area contributed by atoms with Crippen LogP contribution in [0.3, 0.4) is 0 Å². The van der Waals surface area contributed by atoms with Crippen LogP contribution in [0.1, 0.15) is 20.3 Å². The second-order valence-electron chi connectivity index (χ2n) is 3.78. The molecule has 0 aliphatic carbocycles. The summed E-state index contributed by atoms with van der Waals surface area (Å²) in [5.41, 5.74) is 1.03. The number of carbonyl (C=O) groups is 1. The van der Waals surface area contributed by atoms with E-state index < -0.39 is 16.2 Å². The van der Waals surface area contributed by atoms with E-state index in [1.165, 1.54) is 14.2 Å². The summed E-state index contributed by atoms with van der Waals surface area (Å²) in [6, 6.07) is 0. The molecule has 0 fully saturated rings. The summed E-state index contributed by atoms with van der Waals surface area (Å²) in [5, 5.41) is 0. The van der Waals surface area contributed by atoms with Gasteiger partial charge in [-0.1, -0.05) is 11.6 Å². The predicted molar refractivity (Wildman–Crippen MR) is 65.6 cm³/mol. The van der Waals surface area contributed by atoms with Crippen LogP contribution in [0.5, 0.6) is 0 Å². The summed E-state index contributed by atoms with van der Waals surface area (Å²) in [4.78, 5) is 10.9. The van der Waals surface area contributed by atoms with E-state index >= 15 is 0 Å². The lowest BCUT2D eigenvalue weighted by Crippen LogP contribution is -2.39. The van der Waals surface area contributed by atoms with Gasteiger partial charge in [0.25, 0.3) is 10.2 Å². The Morgan fingerprint density at radius 1 is 1.41 bits per heavy atom. The molecule has 0 aliphatic heterocycles. The fraction of sp³-hybridized carbons (Fsp3) is 0.700. The van der Waals surface area contributed by atoms with Crippen molar-refractivity contribution in [2.24, 2.45) is 0 Å². The van der Waals surface area contributed by atoms with E-state index in [2.05, 4.69) is 9.46 Å². The first-order chi connectivity index (χ1) is 7.79. The number of esters is 1. The zero-order chi connectivity index (χ0) is 13.5. The molecule has 0 bridgehead atoms. The van der Waals surface area contributed by atoms with Crippen molar-refractivity contribution >= 4 is 16.2 Å². The molecule has 0 rings (SSSR count). The molecular weight excluding hydrogens is 244 g/mol. The summed E-state index contributed by atoms with van der Waals surface area (Å²) in [6.07, 6.45) is 1.81. The van der Waals surface area contributed by atoms with Gasteiger partial charge < -0.3 is 4.74 Å². The highest BCUT2D eigenvalue weighted by Gasteiger charge is 2.17. The van der Waals surface area contributed by atoms with E-state index in [-0.39, 0.29) is 19.5 Å². The Hall–Kier alpha value is -0.920. The summed E-state index contributed by atoms with van der Waals surface area (Å²) in [7, 11) is -0.851. The average molecular weight is 264 g/mol. The summed E-state index contributed by atoms with van der Waals surface area (Å²) >= 11 is 0. The van der Waals surface area contributed by atoms with Gasteiger partial charge in [0.2, 0.25) is 0 Å². The minimum absolute atomic E-state index is 0.0382. The first-order valence-electron chi connectivity index (χ1n) is 5.20. The van der Waals surface area contributed by atoms with E-state index in [1.807, 2.05) is 13.8 Å². The molecule has 0 atom stereocenters. The molecule has 0 radical (unpaired) electrons. The summed E-state index contributed by atoms with van der Waals surface area (Å²) < 4.78 is 31.2. The first-order valence-corrected chi connectivity index (χ1v) is 6.64. The standard InChI is InChI=1S/C10H20N2O4S/c1-9(2)5-7-11-17(14,15)12(3)8-6-10(13)16-4/h5,11H,6-8H2,1-4H3. The number of hydrogen-bond acceptors (Lipinski definition) is 4. The molecule has 6 nitrogen and oxygen atoms in total. The number of rotatable bonds is 7. The third-order valence-corrected chi connectivity index (χ3v) is 3.58. The normalized spacial score (nSPS) is 11.4. The molecule has 0 aliphatic rings. The number of nitrogens with zero attached hydrogens (tertiary/aromatic N) is 1. The van der Waals surface area contributed by atoms with Crippen LogP contribution < -0.4 is 4.72 Å². The molecule has 1 N–H and O–H groups in total. The number of carbonyl (C=O) groups excluding carboxylic acids is 1. The molecule has 0 aromatic carbocycles. The molecule has 100 valence electrons. The van der Waals surface area contributed by atoms with Crippen LogP contribution in [0.4, 0.5) is 0 Å².